The van der Waals surface area contributed by atoms with Gasteiger partial charge in [-0.05, 0) is 31.0 Å². The summed E-state index contributed by atoms with van der Waals surface area (Å²) in [5.74, 6) is 0.838. The molecule has 0 radical (unpaired) electrons. The van der Waals surface area contributed by atoms with Crippen LogP contribution in [0.3, 0.4) is 0 Å². The molecular weight excluding hydrogens is 294 g/mol. The molecule has 0 aliphatic rings. The Morgan fingerprint density at radius 1 is 1.28 bits per heavy atom. The largest absolute Gasteiger partial charge is 0.491 e. The molecule has 0 saturated carbocycles. The molecular formula is C14H22BrNO2. The fourth-order valence-electron chi connectivity index (χ4n) is 1.53. The van der Waals surface area contributed by atoms with Gasteiger partial charge in [0.25, 0.3) is 0 Å². The van der Waals surface area contributed by atoms with Crippen LogP contribution in [0.4, 0.5) is 0 Å². The van der Waals surface area contributed by atoms with Crippen LogP contribution in [0.2, 0.25) is 0 Å². The average Bonchev–Trinajstić information content (AvgIpc) is 2.33. The maximum atomic E-state index is 5.84. The Morgan fingerprint density at radius 2 is 2.06 bits per heavy atom. The second-order valence-corrected chi connectivity index (χ2v) is 5.14. The van der Waals surface area contributed by atoms with Crippen molar-refractivity contribution in [3.05, 3.63) is 28.2 Å². The van der Waals surface area contributed by atoms with Gasteiger partial charge in [-0.15, -0.1) is 0 Å². The smallest absolute Gasteiger partial charge is 0.120 e. The van der Waals surface area contributed by atoms with E-state index in [2.05, 4.69) is 22.9 Å². The van der Waals surface area contributed by atoms with E-state index in [4.69, 9.17) is 15.2 Å². The van der Waals surface area contributed by atoms with Gasteiger partial charge in [-0.1, -0.05) is 35.3 Å². The second-order valence-electron chi connectivity index (χ2n) is 4.29. The minimum absolute atomic E-state index is 0.0193. The monoisotopic (exact) mass is 315 g/mol. The Hall–Kier alpha value is -0.580. The number of hydrogen-bond acceptors (Lipinski definition) is 3. The molecule has 0 aromatic heterocycles. The average molecular weight is 316 g/mol. The molecule has 1 rings (SSSR count). The first-order valence-corrected chi connectivity index (χ1v) is 7.20. The minimum atomic E-state index is 0.0193. The zero-order chi connectivity index (χ0) is 13.4. The van der Waals surface area contributed by atoms with E-state index in [1.807, 2.05) is 25.1 Å². The Morgan fingerprint density at radius 3 is 2.67 bits per heavy atom. The summed E-state index contributed by atoms with van der Waals surface area (Å²) in [6.45, 7) is 6.13. The Labute approximate surface area is 118 Å². The zero-order valence-electron chi connectivity index (χ0n) is 11.1. The normalized spacial score (nSPS) is 12.4. The van der Waals surface area contributed by atoms with Crippen molar-refractivity contribution in [1.82, 2.24) is 0 Å². The van der Waals surface area contributed by atoms with E-state index in [0.717, 1.165) is 35.2 Å². The molecule has 0 aliphatic heterocycles. The predicted octanol–water partition coefficient (Wildman–Crippen LogP) is 3.66. The zero-order valence-corrected chi connectivity index (χ0v) is 12.7. The Balaban J connectivity index is 2.33. The number of unbranched alkanes of at least 4 members (excludes halogenated alkanes) is 1. The van der Waals surface area contributed by atoms with E-state index in [9.17, 15) is 0 Å². The van der Waals surface area contributed by atoms with Gasteiger partial charge in [0, 0.05) is 17.1 Å². The first-order chi connectivity index (χ1) is 8.65. The summed E-state index contributed by atoms with van der Waals surface area (Å²) >= 11 is 3.50. The van der Waals surface area contributed by atoms with E-state index in [0.29, 0.717) is 13.2 Å². The molecule has 1 unspecified atom stereocenters. The molecule has 4 heteroatoms. The summed E-state index contributed by atoms with van der Waals surface area (Å²) in [6.07, 6.45) is 2.27. The van der Waals surface area contributed by atoms with Gasteiger partial charge < -0.3 is 15.2 Å². The number of halogens is 1. The molecule has 0 bridgehead atoms. The Bertz CT molecular complexity index is 356. The summed E-state index contributed by atoms with van der Waals surface area (Å²) in [6, 6.07) is 5.90. The summed E-state index contributed by atoms with van der Waals surface area (Å²) in [5.41, 5.74) is 6.93. The maximum Gasteiger partial charge on any atom is 0.120 e. The van der Waals surface area contributed by atoms with Crippen molar-refractivity contribution in [2.24, 2.45) is 5.73 Å². The highest BCUT2D eigenvalue weighted by atomic mass is 79.9. The number of hydrogen-bond donors (Lipinski definition) is 1. The number of ether oxygens (including phenoxy) is 2. The molecule has 0 amide bonds. The van der Waals surface area contributed by atoms with Crippen LogP contribution in [0.25, 0.3) is 0 Å². The fourth-order valence-corrected chi connectivity index (χ4v) is 2.25. The summed E-state index contributed by atoms with van der Waals surface area (Å²) in [5, 5.41) is 0. The third-order valence-corrected chi connectivity index (χ3v) is 3.29. The van der Waals surface area contributed by atoms with Gasteiger partial charge in [0.1, 0.15) is 12.4 Å². The van der Waals surface area contributed by atoms with Gasteiger partial charge >= 0.3 is 0 Å². The highest BCUT2D eigenvalue weighted by molar-refractivity contribution is 9.10. The molecule has 0 heterocycles. The van der Waals surface area contributed by atoms with E-state index in [-0.39, 0.29) is 6.04 Å². The van der Waals surface area contributed by atoms with E-state index >= 15 is 0 Å². The van der Waals surface area contributed by atoms with Crippen molar-refractivity contribution in [1.29, 1.82) is 0 Å². The molecule has 1 aromatic rings. The maximum absolute atomic E-state index is 5.84. The highest BCUT2D eigenvalue weighted by Crippen LogP contribution is 2.26. The van der Waals surface area contributed by atoms with Crippen LogP contribution in [0, 0.1) is 0 Å². The van der Waals surface area contributed by atoms with Gasteiger partial charge in [-0.25, -0.2) is 0 Å². The molecule has 102 valence electrons. The van der Waals surface area contributed by atoms with Crippen LogP contribution < -0.4 is 10.5 Å². The van der Waals surface area contributed by atoms with Crippen molar-refractivity contribution < 1.29 is 9.47 Å². The number of benzene rings is 1. The first-order valence-electron chi connectivity index (χ1n) is 6.40. The van der Waals surface area contributed by atoms with E-state index < -0.39 is 0 Å². The molecule has 1 aromatic carbocycles. The number of nitrogens with two attached hydrogens (primary N) is 1. The lowest BCUT2D eigenvalue weighted by Crippen LogP contribution is -2.08. The standard InChI is InChI=1S/C14H22BrNO2/c1-3-4-7-17-8-9-18-12-5-6-13(11(2)16)14(15)10-12/h5-6,10-11H,3-4,7-9,16H2,1-2H3. The quantitative estimate of drug-likeness (QED) is 0.744. The minimum Gasteiger partial charge on any atom is -0.491 e. The molecule has 1 atom stereocenters. The lowest BCUT2D eigenvalue weighted by molar-refractivity contribution is 0.0980. The second kappa shape index (κ2) is 8.51. The highest BCUT2D eigenvalue weighted by Gasteiger charge is 2.06. The van der Waals surface area contributed by atoms with Gasteiger partial charge in [-0.2, -0.15) is 0 Å². The molecule has 18 heavy (non-hydrogen) atoms. The van der Waals surface area contributed by atoms with E-state index in [1.165, 1.54) is 0 Å². The van der Waals surface area contributed by atoms with Gasteiger partial charge in [-0.3, -0.25) is 0 Å². The SMILES string of the molecule is CCCCOCCOc1ccc(C(C)N)c(Br)c1. The van der Waals surface area contributed by atoms with Gasteiger partial charge in [0.2, 0.25) is 0 Å². The lowest BCUT2D eigenvalue weighted by atomic mass is 10.1. The van der Waals surface area contributed by atoms with Crippen molar-refractivity contribution in [3.8, 4) is 5.75 Å². The molecule has 0 aliphatic carbocycles. The van der Waals surface area contributed by atoms with Crippen LogP contribution in [0.1, 0.15) is 38.3 Å². The molecule has 0 saturated heterocycles. The van der Waals surface area contributed by atoms with Crippen molar-refractivity contribution >= 4 is 15.9 Å². The van der Waals surface area contributed by atoms with E-state index in [1.54, 1.807) is 0 Å². The van der Waals surface area contributed by atoms with Crippen molar-refractivity contribution in [3.63, 3.8) is 0 Å². The molecule has 0 spiro atoms. The van der Waals surface area contributed by atoms with Gasteiger partial charge in [0.05, 0.1) is 6.61 Å². The first kappa shape index (κ1) is 15.5. The fraction of sp³-hybridized carbons (Fsp3) is 0.571. The molecule has 2 N–H and O–H groups in total. The summed E-state index contributed by atoms with van der Waals surface area (Å²) in [4.78, 5) is 0. The van der Waals surface area contributed by atoms with Crippen LogP contribution in [0.15, 0.2) is 22.7 Å². The molecule has 3 nitrogen and oxygen atoms in total. The topological polar surface area (TPSA) is 44.5 Å². The van der Waals surface area contributed by atoms with Gasteiger partial charge in [0.15, 0.2) is 0 Å². The summed E-state index contributed by atoms with van der Waals surface area (Å²) < 4.78 is 12.0. The predicted molar refractivity (Wildman–Crippen MR) is 78.0 cm³/mol. The summed E-state index contributed by atoms with van der Waals surface area (Å²) in [7, 11) is 0. The lowest BCUT2D eigenvalue weighted by Gasteiger charge is -2.11. The van der Waals surface area contributed by atoms with Crippen LogP contribution >= 0.6 is 15.9 Å². The third-order valence-electron chi connectivity index (χ3n) is 2.60. The Kier molecular flexibility index (Phi) is 7.32. The molecule has 0 fully saturated rings. The van der Waals surface area contributed by atoms with Crippen molar-refractivity contribution in [2.45, 2.75) is 32.7 Å². The van der Waals surface area contributed by atoms with Crippen LogP contribution in [0.5, 0.6) is 5.75 Å². The van der Waals surface area contributed by atoms with Crippen LogP contribution in [-0.2, 0) is 4.74 Å². The third kappa shape index (κ3) is 5.38. The van der Waals surface area contributed by atoms with Crippen LogP contribution in [-0.4, -0.2) is 19.8 Å². The number of rotatable bonds is 8. The van der Waals surface area contributed by atoms with Crippen molar-refractivity contribution in [2.75, 3.05) is 19.8 Å².